The van der Waals surface area contributed by atoms with Crippen molar-refractivity contribution in [2.45, 2.75) is 6.92 Å². The molecule has 4 rings (SSSR count). The summed E-state index contributed by atoms with van der Waals surface area (Å²) in [5.41, 5.74) is 2.63. The van der Waals surface area contributed by atoms with Crippen molar-refractivity contribution in [3.05, 3.63) is 88.0 Å². The smallest absolute Gasteiger partial charge is 0.282 e. The molecule has 1 aromatic heterocycles. The molecule has 0 radical (unpaired) electrons. The van der Waals surface area contributed by atoms with Crippen LogP contribution in [0.25, 0.3) is 5.57 Å². The number of aryl methyl sites for hydroxylation is 1. The maximum Gasteiger partial charge on any atom is 0.282 e. The quantitative estimate of drug-likeness (QED) is 0.676. The zero-order valence-electron chi connectivity index (χ0n) is 14.4. The Kier molecular flexibility index (Phi) is 4.33. The molecule has 1 N–H and O–H groups in total. The zero-order chi connectivity index (χ0) is 19.0. The van der Waals surface area contributed by atoms with E-state index in [1.807, 2.05) is 42.6 Å². The van der Waals surface area contributed by atoms with E-state index in [9.17, 15) is 14.0 Å². The van der Waals surface area contributed by atoms with Crippen LogP contribution in [0.1, 0.15) is 10.4 Å². The second kappa shape index (κ2) is 6.81. The van der Waals surface area contributed by atoms with E-state index in [4.69, 9.17) is 0 Å². The standard InChI is InChI=1S/C21H15FN2O2S/c1-13-4-2-5-15(12-13)23-19-18(17-6-3-11-27-17)20(25)24(21(19)26)16-9-7-14(22)8-10-16/h2-12,23H,1H3. The summed E-state index contributed by atoms with van der Waals surface area (Å²) in [7, 11) is 0. The number of amides is 2. The molecule has 1 aliphatic rings. The minimum Gasteiger partial charge on any atom is -0.350 e. The molecular formula is C21H15FN2O2S. The highest BCUT2D eigenvalue weighted by Crippen LogP contribution is 2.35. The predicted octanol–water partition coefficient (Wildman–Crippen LogP) is 4.59. The van der Waals surface area contributed by atoms with Gasteiger partial charge in [-0.2, -0.15) is 0 Å². The summed E-state index contributed by atoms with van der Waals surface area (Å²) in [4.78, 5) is 28.0. The first kappa shape index (κ1) is 17.2. The molecule has 6 heteroatoms. The van der Waals surface area contributed by atoms with Gasteiger partial charge in [0.1, 0.15) is 11.5 Å². The fourth-order valence-corrected chi connectivity index (χ4v) is 3.75. The van der Waals surface area contributed by atoms with Crippen LogP contribution in [0.3, 0.4) is 0 Å². The molecule has 0 bridgehead atoms. The molecular weight excluding hydrogens is 363 g/mol. The number of nitrogens with one attached hydrogen (secondary N) is 1. The van der Waals surface area contributed by atoms with E-state index in [1.54, 1.807) is 6.07 Å². The van der Waals surface area contributed by atoms with E-state index >= 15 is 0 Å². The van der Waals surface area contributed by atoms with Gasteiger partial charge in [0.05, 0.1) is 11.3 Å². The van der Waals surface area contributed by atoms with Crippen molar-refractivity contribution in [2.24, 2.45) is 0 Å². The number of carbonyl (C=O) groups is 2. The van der Waals surface area contributed by atoms with Crippen molar-refractivity contribution in [1.82, 2.24) is 0 Å². The third-order valence-corrected chi connectivity index (χ3v) is 5.11. The molecule has 0 saturated carbocycles. The van der Waals surface area contributed by atoms with Crippen molar-refractivity contribution < 1.29 is 14.0 Å². The van der Waals surface area contributed by atoms with Gasteiger partial charge >= 0.3 is 0 Å². The molecule has 1 aliphatic heterocycles. The number of nitrogens with zero attached hydrogens (tertiary/aromatic N) is 1. The number of halogens is 1. The Hall–Kier alpha value is -3.25. The predicted molar refractivity (Wildman–Crippen MR) is 105 cm³/mol. The Morgan fingerprint density at radius 2 is 1.74 bits per heavy atom. The Morgan fingerprint density at radius 1 is 0.963 bits per heavy atom. The highest BCUT2D eigenvalue weighted by molar-refractivity contribution is 7.11. The fraction of sp³-hybridized carbons (Fsp3) is 0.0476. The van der Waals surface area contributed by atoms with Gasteiger partial charge in [-0.1, -0.05) is 18.2 Å². The van der Waals surface area contributed by atoms with Crippen molar-refractivity contribution in [1.29, 1.82) is 0 Å². The van der Waals surface area contributed by atoms with Crippen LogP contribution in [0.2, 0.25) is 0 Å². The molecule has 0 aliphatic carbocycles. The summed E-state index contributed by atoms with van der Waals surface area (Å²) in [6, 6.07) is 16.5. The van der Waals surface area contributed by atoms with Crippen LogP contribution in [0.5, 0.6) is 0 Å². The number of imide groups is 1. The van der Waals surface area contributed by atoms with E-state index in [1.165, 1.54) is 35.6 Å². The van der Waals surface area contributed by atoms with Gasteiger partial charge < -0.3 is 5.32 Å². The minimum absolute atomic E-state index is 0.220. The average Bonchev–Trinajstić information content (AvgIpc) is 3.24. The lowest BCUT2D eigenvalue weighted by atomic mass is 10.1. The molecule has 2 amide bonds. The second-order valence-corrected chi connectivity index (χ2v) is 7.09. The third-order valence-electron chi connectivity index (χ3n) is 4.22. The van der Waals surface area contributed by atoms with E-state index in [2.05, 4.69) is 5.32 Å². The van der Waals surface area contributed by atoms with E-state index in [0.717, 1.165) is 16.2 Å². The van der Waals surface area contributed by atoms with Gasteiger partial charge in [-0.25, -0.2) is 9.29 Å². The number of thiophene rings is 1. The fourth-order valence-electron chi connectivity index (χ4n) is 2.99. The van der Waals surface area contributed by atoms with Gasteiger partial charge in [0.2, 0.25) is 0 Å². The largest absolute Gasteiger partial charge is 0.350 e. The molecule has 0 spiro atoms. The van der Waals surface area contributed by atoms with Crippen molar-refractivity contribution in [3.8, 4) is 0 Å². The van der Waals surface area contributed by atoms with Gasteiger partial charge in [0.25, 0.3) is 11.8 Å². The van der Waals surface area contributed by atoms with Gasteiger partial charge in [0.15, 0.2) is 0 Å². The van der Waals surface area contributed by atoms with Crippen LogP contribution >= 0.6 is 11.3 Å². The Morgan fingerprint density at radius 3 is 2.41 bits per heavy atom. The first-order valence-corrected chi connectivity index (χ1v) is 9.19. The normalized spacial score (nSPS) is 14.2. The summed E-state index contributed by atoms with van der Waals surface area (Å²) < 4.78 is 13.3. The number of hydrogen-bond donors (Lipinski definition) is 1. The molecule has 0 fully saturated rings. The third kappa shape index (κ3) is 3.15. The number of carbonyl (C=O) groups excluding carboxylic acids is 2. The van der Waals surface area contributed by atoms with Gasteiger partial charge in [-0.05, 0) is 60.3 Å². The lowest BCUT2D eigenvalue weighted by molar-refractivity contribution is -0.120. The molecule has 4 nitrogen and oxygen atoms in total. The Bertz CT molecular complexity index is 1060. The van der Waals surface area contributed by atoms with Gasteiger partial charge in [-0.3, -0.25) is 9.59 Å². The zero-order valence-corrected chi connectivity index (χ0v) is 15.2. The summed E-state index contributed by atoms with van der Waals surface area (Å²) in [5.74, 6) is -1.32. The van der Waals surface area contributed by atoms with E-state index in [0.29, 0.717) is 16.1 Å². The van der Waals surface area contributed by atoms with Crippen LogP contribution in [-0.4, -0.2) is 11.8 Å². The molecule has 2 aromatic carbocycles. The van der Waals surface area contributed by atoms with Crippen LogP contribution < -0.4 is 10.2 Å². The lowest BCUT2D eigenvalue weighted by Crippen LogP contribution is -2.32. The van der Waals surface area contributed by atoms with Crippen LogP contribution in [0.4, 0.5) is 15.8 Å². The summed E-state index contributed by atoms with van der Waals surface area (Å²) in [6.45, 7) is 1.95. The first-order chi connectivity index (χ1) is 13.0. The molecule has 3 aromatic rings. The molecule has 134 valence electrons. The van der Waals surface area contributed by atoms with Crippen LogP contribution in [0, 0.1) is 12.7 Å². The van der Waals surface area contributed by atoms with Crippen molar-refractivity contribution in [2.75, 3.05) is 10.2 Å². The SMILES string of the molecule is Cc1cccc(NC2=C(c3cccs3)C(=O)N(c3ccc(F)cc3)C2=O)c1. The summed E-state index contributed by atoms with van der Waals surface area (Å²) in [6.07, 6.45) is 0. The maximum atomic E-state index is 13.3. The molecule has 27 heavy (non-hydrogen) atoms. The van der Waals surface area contributed by atoms with Crippen LogP contribution in [0.15, 0.2) is 71.7 Å². The second-order valence-electron chi connectivity index (χ2n) is 6.14. The van der Waals surface area contributed by atoms with E-state index in [-0.39, 0.29) is 5.70 Å². The molecule has 0 saturated heterocycles. The first-order valence-electron chi connectivity index (χ1n) is 8.31. The van der Waals surface area contributed by atoms with Gasteiger partial charge in [-0.15, -0.1) is 11.3 Å². The number of anilines is 2. The molecule has 0 atom stereocenters. The van der Waals surface area contributed by atoms with E-state index < -0.39 is 17.6 Å². The molecule has 2 heterocycles. The summed E-state index contributed by atoms with van der Waals surface area (Å²) in [5, 5.41) is 4.96. The lowest BCUT2D eigenvalue weighted by Gasteiger charge is -2.15. The van der Waals surface area contributed by atoms with Crippen molar-refractivity contribution in [3.63, 3.8) is 0 Å². The maximum absolute atomic E-state index is 13.3. The highest BCUT2D eigenvalue weighted by atomic mass is 32.1. The number of rotatable bonds is 4. The van der Waals surface area contributed by atoms with Crippen molar-refractivity contribution >= 4 is 40.1 Å². The minimum atomic E-state index is -0.462. The number of benzene rings is 2. The van der Waals surface area contributed by atoms with Gasteiger partial charge in [0, 0.05) is 10.6 Å². The topological polar surface area (TPSA) is 49.4 Å². The molecule has 0 unspecified atom stereocenters. The monoisotopic (exact) mass is 378 g/mol. The summed E-state index contributed by atoms with van der Waals surface area (Å²) >= 11 is 1.39. The average molecular weight is 378 g/mol. The number of hydrogen-bond acceptors (Lipinski definition) is 4. The van der Waals surface area contributed by atoms with Crippen LogP contribution in [-0.2, 0) is 9.59 Å². The Labute approximate surface area is 159 Å². The Balaban J connectivity index is 1.79. The highest BCUT2D eigenvalue weighted by Gasteiger charge is 2.40.